The number of rotatable bonds is 4. The highest BCUT2D eigenvalue weighted by atomic mass is 19.4. The second-order valence-electron chi connectivity index (χ2n) is 5.87. The normalized spacial score (nSPS) is 11.4. The standard InChI is InChI=1S/C19H15F3N2O3/c1-24-10-15(14-7-2-3-8-16(14)24)18(26)27-11-17(25)23-13-6-4-5-12(9-13)19(20,21)22/h2-10H,11H2,1H3,(H,23,25). The third-order valence-corrected chi connectivity index (χ3v) is 3.92. The first kappa shape index (κ1) is 18.5. The molecule has 0 aliphatic carbocycles. The van der Waals surface area contributed by atoms with E-state index in [2.05, 4.69) is 5.32 Å². The highest BCUT2D eigenvalue weighted by Gasteiger charge is 2.30. The molecule has 5 nitrogen and oxygen atoms in total. The van der Waals surface area contributed by atoms with Crippen molar-refractivity contribution in [3.05, 3.63) is 65.9 Å². The molecule has 0 bridgehead atoms. The van der Waals surface area contributed by atoms with Crippen LogP contribution in [0.3, 0.4) is 0 Å². The fourth-order valence-corrected chi connectivity index (χ4v) is 2.68. The van der Waals surface area contributed by atoms with Crippen molar-refractivity contribution in [1.29, 1.82) is 0 Å². The molecule has 140 valence electrons. The molecule has 0 atom stereocenters. The number of benzene rings is 2. The molecule has 0 saturated carbocycles. The first-order valence-electron chi connectivity index (χ1n) is 7.94. The Balaban J connectivity index is 1.65. The van der Waals surface area contributed by atoms with Crippen LogP contribution in [-0.4, -0.2) is 23.1 Å². The number of carbonyl (C=O) groups excluding carboxylic acids is 2. The number of hydrogen-bond acceptors (Lipinski definition) is 3. The van der Waals surface area contributed by atoms with Gasteiger partial charge in [-0.25, -0.2) is 4.79 Å². The zero-order chi connectivity index (χ0) is 19.6. The average molecular weight is 376 g/mol. The number of alkyl halides is 3. The Morgan fingerprint density at radius 2 is 1.85 bits per heavy atom. The van der Waals surface area contributed by atoms with Crippen LogP contribution in [0.25, 0.3) is 10.9 Å². The van der Waals surface area contributed by atoms with Gasteiger partial charge in [-0.15, -0.1) is 0 Å². The summed E-state index contributed by atoms with van der Waals surface area (Å²) in [6.45, 7) is -0.613. The number of fused-ring (bicyclic) bond motifs is 1. The van der Waals surface area contributed by atoms with E-state index in [-0.39, 0.29) is 5.69 Å². The number of nitrogens with one attached hydrogen (secondary N) is 1. The molecule has 0 aliphatic rings. The fourth-order valence-electron chi connectivity index (χ4n) is 2.68. The van der Waals surface area contributed by atoms with Gasteiger partial charge in [0.25, 0.3) is 5.91 Å². The molecule has 3 rings (SSSR count). The minimum Gasteiger partial charge on any atom is -0.452 e. The van der Waals surface area contributed by atoms with Crippen molar-refractivity contribution in [1.82, 2.24) is 4.57 Å². The van der Waals surface area contributed by atoms with E-state index >= 15 is 0 Å². The fraction of sp³-hybridized carbons (Fsp3) is 0.158. The van der Waals surface area contributed by atoms with E-state index in [4.69, 9.17) is 4.74 Å². The lowest BCUT2D eigenvalue weighted by molar-refractivity contribution is -0.137. The van der Waals surface area contributed by atoms with Gasteiger partial charge in [-0.1, -0.05) is 24.3 Å². The van der Waals surface area contributed by atoms with Crippen LogP contribution in [0.4, 0.5) is 18.9 Å². The Labute approximate surface area is 152 Å². The van der Waals surface area contributed by atoms with Gasteiger partial charge in [-0.3, -0.25) is 4.79 Å². The summed E-state index contributed by atoms with van der Waals surface area (Å²) < 4.78 is 44.8. The molecule has 0 fully saturated rings. The Bertz CT molecular complexity index is 1010. The zero-order valence-electron chi connectivity index (χ0n) is 14.2. The number of aryl methyl sites for hydroxylation is 1. The van der Waals surface area contributed by atoms with Crippen LogP contribution in [-0.2, 0) is 22.8 Å². The van der Waals surface area contributed by atoms with Gasteiger partial charge in [0.2, 0.25) is 0 Å². The summed E-state index contributed by atoms with van der Waals surface area (Å²) in [5.74, 6) is -1.42. The summed E-state index contributed by atoms with van der Waals surface area (Å²) in [6.07, 6.45) is -2.92. The van der Waals surface area contributed by atoms with Crippen LogP contribution in [0, 0.1) is 0 Å². The van der Waals surface area contributed by atoms with E-state index in [9.17, 15) is 22.8 Å². The van der Waals surface area contributed by atoms with Crippen LogP contribution in [0.15, 0.2) is 54.7 Å². The highest BCUT2D eigenvalue weighted by Crippen LogP contribution is 2.30. The summed E-state index contributed by atoms with van der Waals surface area (Å²) in [4.78, 5) is 24.2. The van der Waals surface area contributed by atoms with Gasteiger partial charge in [0.1, 0.15) is 0 Å². The number of ether oxygens (including phenoxy) is 1. The predicted octanol–water partition coefficient (Wildman–Crippen LogP) is 3.99. The number of para-hydroxylation sites is 1. The van der Waals surface area contributed by atoms with E-state index in [0.717, 1.165) is 17.6 Å². The number of nitrogens with zero attached hydrogens (tertiary/aromatic N) is 1. The molecule has 1 N–H and O–H groups in total. The Morgan fingerprint density at radius 3 is 2.59 bits per heavy atom. The van der Waals surface area contributed by atoms with Gasteiger partial charge in [0.15, 0.2) is 6.61 Å². The molecular weight excluding hydrogens is 361 g/mol. The lowest BCUT2D eigenvalue weighted by Crippen LogP contribution is -2.21. The van der Waals surface area contributed by atoms with Crippen molar-refractivity contribution in [3.8, 4) is 0 Å². The van der Waals surface area contributed by atoms with Crippen LogP contribution in [0.5, 0.6) is 0 Å². The van der Waals surface area contributed by atoms with Crippen LogP contribution in [0.2, 0.25) is 0 Å². The number of esters is 1. The first-order valence-corrected chi connectivity index (χ1v) is 7.94. The molecule has 3 aromatic rings. The maximum atomic E-state index is 12.7. The summed E-state index contributed by atoms with van der Waals surface area (Å²) in [5.41, 5.74) is 0.224. The van der Waals surface area contributed by atoms with Crippen LogP contribution < -0.4 is 5.32 Å². The van der Waals surface area contributed by atoms with Gasteiger partial charge in [-0.2, -0.15) is 13.2 Å². The molecule has 0 spiro atoms. The molecule has 1 heterocycles. The van der Waals surface area contributed by atoms with E-state index in [1.807, 2.05) is 12.1 Å². The SMILES string of the molecule is Cn1cc(C(=O)OCC(=O)Nc2cccc(C(F)(F)F)c2)c2ccccc21. The van der Waals surface area contributed by atoms with E-state index in [0.29, 0.717) is 10.9 Å². The molecule has 1 aromatic heterocycles. The highest BCUT2D eigenvalue weighted by molar-refractivity contribution is 6.05. The number of halogens is 3. The van der Waals surface area contributed by atoms with Gasteiger partial charge < -0.3 is 14.6 Å². The van der Waals surface area contributed by atoms with E-state index < -0.39 is 30.2 Å². The predicted molar refractivity (Wildman–Crippen MR) is 93.3 cm³/mol. The molecule has 0 aliphatic heterocycles. The van der Waals surface area contributed by atoms with Crippen molar-refractivity contribution in [2.45, 2.75) is 6.18 Å². The quantitative estimate of drug-likeness (QED) is 0.701. The minimum atomic E-state index is -4.51. The molecule has 2 aromatic carbocycles. The van der Waals surface area contributed by atoms with Gasteiger partial charge in [-0.05, 0) is 24.3 Å². The Kier molecular flexibility index (Phi) is 4.89. The largest absolute Gasteiger partial charge is 0.452 e. The number of amides is 1. The topological polar surface area (TPSA) is 60.3 Å². The lowest BCUT2D eigenvalue weighted by atomic mass is 10.2. The smallest absolute Gasteiger partial charge is 0.416 e. The molecule has 0 radical (unpaired) electrons. The van der Waals surface area contributed by atoms with Crippen molar-refractivity contribution < 1.29 is 27.5 Å². The third kappa shape index (κ3) is 4.11. The molecule has 0 unspecified atom stereocenters. The van der Waals surface area contributed by atoms with Gasteiger partial charge in [0.05, 0.1) is 11.1 Å². The maximum absolute atomic E-state index is 12.7. The second-order valence-corrected chi connectivity index (χ2v) is 5.87. The van der Waals surface area contributed by atoms with Crippen molar-refractivity contribution in [3.63, 3.8) is 0 Å². The summed E-state index contributed by atoms with van der Waals surface area (Å²) in [7, 11) is 1.78. The van der Waals surface area contributed by atoms with Crippen LogP contribution >= 0.6 is 0 Å². The number of carbonyl (C=O) groups is 2. The average Bonchev–Trinajstić information content (AvgIpc) is 2.96. The first-order chi connectivity index (χ1) is 12.8. The maximum Gasteiger partial charge on any atom is 0.416 e. The number of aromatic nitrogens is 1. The van der Waals surface area contributed by atoms with Crippen molar-refractivity contribution in [2.24, 2.45) is 7.05 Å². The minimum absolute atomic E-state index is 0.0314. The summed E-state index contributed by atoms with van der Waals surface area (Å²) in [5, 5.41) is 2.97. The molecular formula is C19H15F3N2O3. The second kappa shape index (κ2) is 7.14. The monoisotopic (exact) mass is 376 g/mol. The molecule has 27 heavy (non-hydrogen) atoms. The van der Waals surface area contributed by atoms with Gasteiger partial charge >= 0.3 is 12.1 Å². The van der Waals surface area contributed by atoms with E-state index in [1.54, 1.807) is 29.9 Å². The van der Waals surface area contributed by atoms with E-state index in [1.165, 1.54) is 12.1 Å². The summed E-state index contributed by atoms with van der Waals surface area (Å²) in [6, 6.07) is 11.4. The zero-order valence-corrected chi connectivity index (χ0v) is 14.2. The van der Waals surface area contributed by atoms with Crippen LogP contribution in [0.1, 0.15) is 15.9 Å². The molecule has 0 saturated heterocycles. The number of hydrogen-bond donors (Lipinski definition) is 1. The molecule has 1 amide bonds. The number of anilines is 1. The Hall–Kier alpha value is -3.29. The Morgan fingerprint density at radius 1 is 1.11 bits per heavy atom. The van der Waals surface area contributed by atoms with Crippen molar-refractivity contribution >= 4 is 28.5 Å². The lowest BCUT2D eigenvalue weighted by Gasteiger charge is -2.10. The third-order valence-electron chi connectivity index (χ3n) is 3.92. The molecule has 8 heteroatoms. The summed E-state index contributed by atoms with van der Waals surface area (Å²) >= 11 is 0. The van der Waals surface area contributed by atoms with Gasteiger partial charge in [0, 0.05) is 29.8 Å². The van der Waals surface area contributed by atoms with Crippen molar-refractivity contribution in [2.75, 3.05) is 11.9 Å².